The van der Waals surface area contributed by atoms with Crippen LogP contribution in [0.15, 0.2) is 48.5 Å². The lowest BCUT2D eigenvalue weighted by Gasteiger charge is -2.15. The second-order valence-electron chi connectivity index (χ2n) is 6.70. The van der Waals surface area contributed by atoms with E-state index in [1.54, 1.807) is 4.68 Å². The quantitative estimate of drug-likeness (QED) is 0.531. The summed E-state index contributed by atoms with van der Waals surface area (Å²) >= 11 is 0. The number of rotatable bonds is 2. The summed E-state index contributed by atoms with van der Waals surface area (Å²) in [6, 6.07) is 13.7. The van der Waals surface area contributed by atoms with Gasteiger partial charge < -0.3 is 5.32 Å². The molecule has 2 aromatic carbocycles. The fourth-order valence-electron chi connectivity index (χ4n) is 3.64. The van der Waals surface area contributed by atoms with E-state index in [1.165, 1.54) is 6.07 Å². The van der Waals surface area contributed by atoms with Gasteiger partial charge in [-0.25, -0.2) is 22.8 Å². The third-order valence-corrected chi connectivity index (χ3v) is 5.02. The van der Waals surface area contributed by atoms with Crippen molar-refractivity contribution >= 4 is 10.9 Å². The van der Waals surface area contributed by atoms with Crippen LogP contribution in [0.1, 0.15) is 11.3 Å². The molecule has 0 unspecified atom stereocenters. The number of halogens is 3. The van der Waals surface area contributed by atoms with Gasteiger partial charge in [-0.15, -0.1) is 0 Å². The van der Waals surface area contributed by atoms with Gasteiger partial charge in [-0.05, 0) is 30.3 Å². The molecule has 140 valence electrons. The first-order valence-corrected chi connectivity index (χ1v) is 8.95. The van der Waals surface area contributed by atoms with E-state index in [0.29, 0.717) is 24.5 Å². The second kappa shape index (κ2) is 6.45. The molecule has 0 spiro atoms. The van der Waals surface area contributed by atoms with Gasteiger partial charge >= 0.3 is 0 Å². The molecule has 1 aliphatic rings. The highest BCUT2D eigenvalue weighted by molar-refractivity contribution is 5.79. The fourth-order valence-corrected chi connectivity index (χ4v) is 3.64. The van der Waals surface area contributed by atoms with Gasteiger partial charge in [0, 0.05) is 36.0 Å². The lowest BCUT2D eigenvalue weighted by molar-refractivity contribution is 0.448. The van der Waals surface area contributed by atoms with Crippen molar-refractivity contribution in [1.29, 1.82) is 0 Å². The average Bonchev–Trinajstić information content (AvgIpc) is 3.11. The molecule has 7 heteroatoms. The summed E-state index contributed by atoms with van der Waals surface area (Å²) < 4.78 is 43.3. The van der Waals surface area contributed by atoms with E-state index in [9.17, 15) is 13.2 Å². The van der Waals surface area contributed by atoms with Gasteiger partial charge in [-0.3, -0.25) is 0 Å². The zero-order valence-electron chi connectivity index (χ0n) is 14.7. The Morgan fingerprint density at radius 3 is 2.68 bits per heavy atom. The Labute approximate surface area is 158 Å². The molecule has 2 aromatic heterocycles. The maximum atomic E-state index is 14.4. The van der Waals surface area contributed by atoms with Gasteiger partial charge in [0.15, 0.2) is 23.3 Å². The Morgan fingerprint density at radius 2 is 1.79 bits per heavy atom. The topological polar surface area (TPSA) is 42.7 Å². The molecular weight excluding hydrogens is 365 g/mol. The van der Waals surface area contributed by atoms with E-state index in [4.69, 9.17) is 0 Å². The maximum absolute atomic E-state index is 14.4. The number of para-hydroxylation sites is 1. The van der Waals surface area contributed by atoms with E-state index in [-0.39, 0.29) is 5.56 Å². The first-order valence-electron chi connectivity index (χ1n) is 8.95. The van der Waals surface area contributed by atoms with Gasteiger partial charge in [-0.1, -0.05) is 18.2 Å². The van der Waals surface area contributed by atoms with Crippen LogP contribution in [0.3, 0.4) is 0 Å². The van der Waals surface area contributed by atoms with Crippen LogP contribution in [-0.2, 0) is 13.0 Å². The summed E-state index contributed by atoms with van der Waals surface area (Å²) in [4.78, 5) is 4.67. The van der Waals surface area contributed by atoms with Crippen LogP contribution in [0.5, 0.6) is 0 Å². The van der Waals surface area contributed by atoms with Gasteiger partial charge in [0.2, 0.25) is 0 Å². The summed E-state index contributed by atoms with van der Waals surface area (Å²) in [5.74, 6) is -3.34. The van der Waals surface area contributed by atoms with Gasteiger partial charge in [0.1, 0.15) is 5.69 Å². The number of fused-ring (bicyclic) bond motifs is 2. The highest BCUT2D eigenvalue weighted by Crippen LogP contribution is 2.32. The van der Waals surface area contributed by atoms with Crippen LogP contribution in [0.25, 0.3) is 28.0 Å². The molecule has 0 radical (unpaired) electrons. The summed E-state index contributed by atoms with van der Waals surface area (Å²) in [6.07, 6.45) is 0.669. The zero-order valence-corrected chi connectivity index (χ0v) is 14.7. The highest BCUT2D eigenvalue weighted by Gasteiger charge is 2.26. The lowest BCUT2D eigenvalue weighted by Crippen LogP contribution is -2.24. The molecule has 0 fully saturated rings. The predicted octanol–water partition coefficient (Wildman–Crippen LogP) is 4.15. The molecule has 0 saturated carbocycles. The molecule has 0 aliphatic carbocycles. The lowest BCUT2D eigenvalue weighted by atomic mass is 10.0. The minimum Gasteiger partial charge on any atom is -0.312 e. The van der Waals surface area contributed by atoms with Crippen molar-refractivity contribution in [1.82, 2.24) is 20.1 Å². The van der Waals surface area contributed by atoms with Crippen LogP contribution in [-0.4, -0.2) is 21.3 Å². The van der Waals surface area contributed by atoms with Crippen molar-refractivity contribution in [2.75, 3.05) is 6.54 Å². The SMILES string of the molecule is Fc1ccc(-c2nn(-c3ccc4ccccc4n3)c3c2CNCC3)c(F)c1F. The van der Waals surface area contributed by atoms with Crippen LogP contribution in [0.4, 0.5) is 13.2 Å². The molecule has 0 amide bonds. The second-order valence-corrected chi connectivity index (χ2v) is 6.70. The van der Waals surface area contributed by atoms with Gasteiger partial charge in [0.25, 0.3) is 0 Å². The maximum Gasteiger partial charge on any atom is 0.195 e. The van der Waals surface area contributed by atoms with Crippen molar-refractivity contribution in [3.05, 3.63) is 77.2 Å². The number of nitrogens with zero attached hydrogens (tertiary/aromatic N) is 3. The minimum atomic E-state index is -1.49. The molecular formula is C21H15F3N4. The zero-order chi connectivity index (χ0) is 19.3. The van der Waals surface area contributed by atoms with Crippen molar-refractivity contribution < 1.29 is 13.2 Å². The molecule has 1 N–H and O–H groups in total. The summed E-state index contributed by atoms with van der Waals surface area (Å²) in [6.45, 7) is 1.21. The molecule has 3 heterocycles. The van der Waals surface area contributed by atoms with E-state index in [0.717, 1.165) is 34.8 Å². The smallest absolute Gasteiger partial charge is 0.195 e. The molecule has 0 bridgehead atoms. The van der Waals surface area contributed by atoms with E-state index >= 15 is 0 Å². The number of benzene rings is 2. The van der Waals surface area contributed by atoms with Gasteiger partial charge in [0.05, 0.1) is 11.2 Å². The molecule has 4 nitrogen and oxygen atoms in total. The highest BCUT2D eigenvalue weighted by atomic mass is 19.2. The Morgan fingerprint density at radius 1 is 0.929 bits per heavy atom. The van der Waals surface area contributed by atoms with Crippen molar-refractivity contribution in [3.63, 3.8) is 0 Å². The number of hydrogen-bond donors (Lipinski definition) is 1. The van der Waals surface area contributed by atoms with E-state index in [2.05, 4.69) is 15.4 Å². The largest absolute Gasteiger partial charge is 0.312 e. The fraction of sp³-hybridized carbons (Fsp3) is 0.143. The predicted molar refractivity (Wildman–Crippen MR) is 99.6 cm³/mol. The Balaban J connectivity index is 1.73. The van der Waals surface area contributed by atoms with Gasteiger partial charge in [-0.2, -0.15) is 5.10 Å². The normalized spacial score (nSPS) is 13.7. The minimum absolute atomic E-state index is 0.0570. The number of nitrogens with one attached hydrogen (secondary N) is 1. The summed E-state index contributed by atoms with van der Waals surface area (Å²) in [7, 11) is 0. The monoisotopic (exact) mass is 380 g/mol. The van der Waals surface area contributed by atoms with E-state index < -0.39 is 17.5 Å². The third kappa shape index (κ3) is 2.58. The van der Waals surface area contributed by atoms with Crippen molar-refractivity contribution in [2.45, 2.75) is 13.0 Å². The average molecular weight is 380 g/mol. The van der Waals surface area contributed by atoms with Crippen LogP contribution in [0, 0.1) is 17.5 Å². The molecule has 4 aromatic rings. The molecule has 28 heavy (non-hydrogen) atoms. The van der Waals surface area contributed by atoms with Crippen LogP contribution < -0.4 is 5.32 Å². The third-order valence-electron chi connectivity index (χ3n) is 5.02. The molecule has 5 rings (SSSR count). The van der Waals surface area contributed by atoms with Crippen LogP contribution in [0.2, 0.25) is 0 Å². The Kier molecular flexibility index (Phi) is 3.91. The number of aromatic nitrogens is 3. The molecule has 0 atom stereocenters. The number of pyridine rings is 1. The number of hydrogen-bond acceptors (Lipinski definition) is 3. The first kappa shape index (κ1) is 16.9. The summed E-state index contributed by atoms with van der Waals surface area (Å²) in [5, 5.41) is 8.78. The van der Waals surface area contributed by atoms with Crippen molar-refractivity contribution in [3.8, 4) is 17.1 Å². The summed E-state index contributed by atoms with van der Waals surface area (Å²) in [5.41, 5.74) is 2.72. The van der Waals surface area contributed by atoms with E-state index in [1.807, 2.05) is 36.4 Å². The Hall–Kier alpha value is -3.19. The van der Waals surface area contributed by atoms with Crippen LogP contribution >= 0.6 is 0 Å². The van der Waals surface area contributed by atoms with Crippen molar-refractivity contribution in [2.24, 2.45) is 0 Å². The molecule has 1 aliphatic heterocycles. The molecule has 0 saturated heterocycles. The Bertz CT molecular complexity index is 1220. The first-order chi connectivity index (χ1) is 13.6. The standard InChI is InChI=1S/C21H15F3N4/c22-15-7-6-13(19(23)20(15)24)21-14-11-25-10-9-17(14)28(27-21)18-8-5-12-3-1-2-4-16(12)26-18/h1-8,25H,9-11H2.